The number of carbonyl (C=O) groups is 2. The molecule has 0 unspecified atom stereocenters. The molecular weight excluding hydrogens is 252 g/mol. The van der Waals surface area contributed by atoms with Gasteiger partial charge in [-0.05, 0) is 37.1 Å². The Balaban J connectivity index is 1.88. The number of hydrogen-bond donors (Lipinski definition) is 1. The molecular formula is C13H15ClN2O2. The van der Waals surface area contributed by atoms with E-state index in [1.165, 1.54) is 0 Å². The second-order valence-electron chi connectivity index (χ2n) is 4.33. The summed E-state index contributed by atoms with van der Waals surface area (Å²) in [6, 6.07) is 6.89. The molecule has 0 bridgehead atoms. The summed E-state index contributed by atoms with van der Waals surface area (Å²) in [7, 11) is 0. The number of nitrogens with one attached hydrogen (secondary N) is 1. The molecule has 1 N–H and O–H groups in total. The number of piperidine rings is 1. The van der Waals surface area contributed by atoms with Gasteiger partial charge in [-0.2, -0.15) is 0 Å². The maximum absolute atomic E-state index is 11.8. The number of anilines is 1. The normalized spacial score (nSPS) is 15.6. The highest BCUT2D eigenvalue weighted by Gasteiger charge is 2.20. The van der Waals surface area contributed by atoms with Crippen LogP contribution in [0.25, 0.3) is 0 Å². The zero-order chi connectivity index (χ0) is 13.0. The second-order valence-corrected chi connectivity index (χ2v) is 4.76. The molecule has 0 radical (unpaired) electrons. The first-order valence-corrected chi connectivity index (χ1v) is 6.36. The first-order valence-electron chi connectivity index (χ1n) is 5.98. The first-order chi connectivity index (χ1) is 8.65. The molecule has 96 valence electrons. The molecule has 0 spiro atoms. The molecule has 0 aliphatic carbocycles. The summed E-state index contributed by atoms with van der Waals surface area (Å²) < 4.78 is 0. The Bertz CT molecular complexity index is 445. The van der Waals surface area contributed by atoms with E-state index in [-0.39, 0.29) is 18.4 Å². The third kappa shape index (κ3) is 3.47. The lowest BCUT2D eigenvalue weighted by Gasteiger charge is -2.25. The second kappa shape index (κ2) is 5.87. The number of hydrogen-bond acceptors (Lipinski definition) is 2. The zero-order valence-electron chi connectivity index (χ0n) is 9.99. The molecule has 1 aromatic carbocycles. The minimum Gasteiger partial charge on any atom is -0.333 e. The Labute approximate surface area is 111 Å². The number of rotatable bonds is 3. The van der Waals surface area contributed by atoms with Gasteiger partial charge in [0, 0.05) is 23.7 Å². The van der Waals surface area contributed by atoms with Gasteiger partial charge in [0.15, 0.2) is 0 Å². The number of benzene rings is 1. The highest BCUT2D eigenvalue weighted by molar-refractivity contribution is 6.30. The Kier molecular flexibility index (Phi) is 4.20. The quantitative estimate of drug-likeness (QED) is 0.913. The van der Waals surface area contributed by atoms with E-state index in [1.807, 2.05) is 0 Å². The largest absolute Gasteiger partial charge is 0.333 e. The Morgan fingerprint density at radius 2 is 2.00 bits per heavy atom. The average molecular weight is 267 g/mol. The van der Waals surface area contributed by atoms with Crippen molar-refractivity contribution in [2.45, 2.75) is 19.3 Å². The molecule has 1 fully saturated rings. The van der Waals surface area contributed by atoms with Crippen LogP contribution in [0.4, 0.5) is 5.69 Å². The van der Waals surface area contributed by atoms with Gasteiger partial charge < -0.3 is 10.2 Å². The van der Waals surface area contributed by atoms with Crippen LogP contribution in [-0.4, -0.2) is 29.8 Å². The molecule has 1 heterocycles. The Morgan fingerprint density at radius 1 is 1.28 bits per heavy atom. The van der Waals surface area contributed by atoms with Gasteiger partial charge in [0.1, 0.15) is 0 Å². The van der Waals surface area contributed by atoms with Gasteiger partial charge in [0.2, 0.25) is 11.8 Å². The molecule has 1 aromatic rings. The minimum absolute atomic E-state index is 0.0625. The van der Waals surface area contributed by atoms with E-state index >= 15 is 0 Å². The van der Waals surface area contributed by atoms with Crippen LogP contribution in [0.2, 0.25) is 5.02 Å². The summed E-state index contributed by atoms with van der Waals surface area (Å²) in [5, 5.41) is 3.37. The van der Waals surface area contributed by atoms with E-state index in [4.69, 9.17) is 11.6 Å². The van der Waals surface area contributed by atoms with Crippen molar-refractivity contribution in [3.05, 3.63) is 29.3 Å². The average Bonchev–Trinajstić information content (AvgIpc) is 2.35. The number of nitrogens with zero attached hydrogens (tertiary/aromatic N) is 1. The zero-order valence-corrected chi connectivity index (χ0v) is 10.7. The third-order valence-electron chi connectivity index (χ3n) is 2.88. The third-order valence-corrected chi connectivity index (χ3v) is 3.14. The number of carbonyl (C=O) groups excluding carboxylic acids is 2. The van der Waals surface area contributed by atoms with Gasteiger partial charge in [-0.3, -0.25) is 9.59 Å². The molecule has 0 saturated carbocycles. The van der Waals surface area contributed by atoms with Crippen LogP contribution in [0.1, 0.15) is 19.3 Å². The highest BCUT2D eigenvalue weighted by atomic mass is 35.5. The number of likely N-dealkylation sites (tertiary alicyclic amines) is 1. The van der Waals surface area contributed by atoms with Crippen LogP contribution in [-0.2, 0) is 9.59 Å². The summed E-state index contributed by atoms with van der Waals surface area (Å²) >= 11 is 5.76. The van der Waals surface area contributed by atoms with Gasteiger partial charge in [0.05, 0.1) is 6.54 Å². The van der Waals surface area contributed by atoms with Crippen molar-refractivity contribution in [2.75, 3.05) is 18.4 Å². The molecule has 2 amide bonds. The van der Waals surface area contributed by atoms with Crippen molar-refractivity contribution in [3.8, 4) is 0 Å². The first kappa shape index (κ1) is 12.9. The van der Waals surface area contributed by atoms with E-state index in [2.05, 4.69) is 5.32 Å². The summed E-state index contributed by atoms with van der Waals surface area (Å²) in [6.45, 7) is 0.800. The van der Waals surface area contributed by atoms with E-state index in [0.717, 1.165) is 12.8 Å². The van der Waals surface area contributed by atoms with E-state index in [0.29, 0.717) is 23.7 Å². The molecule has 1 saturated heterocycles. The van der Waals surface area contributed by atoms with Crippen LogP contribution >= 0.6 is 11.6 Å². The molecule has 4 nitrogen and oxygen atoms in total. The molecule has 0 aromatic heterocycles. The summed E-state index contributed by atoms with van der Waals surface area (Å²) in [4.78, 5) is 24.9. The molecule has 1 aliphatic rings. The van der Waals surface area contributed by atoms with Crippen molar-refractivity contribution >= 4 is 29.1 Å². The van der Waals surface area contributed by atoms with Crippen molar-refractivity contribution in [1.82, 2.24) is 4.90 Å². The maximum Gasteiger partial charge on any atom is 0.243 e. The lowest BCUT2D eigenvalue weighted by molar-refractivity contribution is -0.136. The lowest BCUT2D eigenvalue weighted by atomic mass is 10.1. The molecule has 0 atom stereocenters. The fourth-order valence-electron chi connectivity index (χ4n) is 1.94. The summed E-state index contributed by atoms with van der Waals surface area (Å²) in [6.07, 6.45) is 2.45. The molecule has 5 heteroatoms. The maximum atomic E-state index is 11.8. The van der Waals surface area contributed by atoms with Crippen molar-refractivity contribution < 1.29 is 9.59 Å². The van der Waals surface area contributed by atoms with E-state index in [9.17, 15) is 9.59 Å². The van der Waals surface area contributed by atoms with Crippen LogP contribution in [0.5, 0.6) is 0 Å². The Hall–Kier alpha value is -1.55. The molecule has 18 heavy (non-hydrogen) atoms. The fourth-order valence-corrected chi connectivity index (χ4v) is 2.06. The molecule has 1 aliphatic heterocycles. The Morgan fingerprint density at radius 3 is 2.67 bits per heavy atom. The summed E-state index contributed by atoms with van der Waals surface area (Å²) in [5.74, 6) is -0.111. The standard InChI is InChI=1S/C13H15ClN2O2/c14-10-4-6-11(7-5-10)15-12(17)9-16-8-2-1-3-13(16)18/h4-7H,1-3,8-9H2,(H,15,17). The minimum atomic E-state index is -0.174. The number of amides is 2. The molecule has 2 rings (SSSR count). The van der Waals surface area contributed by atoms with Gasteiger partial charge >= 0.3 is 0 Å². The van der Waals surface area contributed by atoms with Crippen LogP contribution in [0.3, 0.4) is 0 Å². The van der Waals surface area contributed by atoms with E-state index < -0.39 is 0 Å². The smallest absolute Gasteiger partial charge is 0.243 e. The lowest BCUT2D eigenvalue weighted by Crippen LogP contribution is -2.40. The van der Waals surface area contributed by atoms with E-state index in [1.54, 1.807) is 29.2 Å². The van der Waals surface area contributed by atoms with Crippen molar-refractivity contribution in [3.63, 3.8) is 0 Å². The van der Waals surface area contributed by atoms with Crippen LogP contribution in [0.15, 0.2) is 24.3 Å². The van der Waals surface area contributed by atoms with Crippen molar-refractivity contribution in [2.24, 2.45) is 0 Å². The van der Waals surface area contributed by atoms with Crippen LogP contribution in [0, 0.1) is 0 Å². The topological polar surface area (TPSA) is 49.4 Å². The van der Waals surface area contributed by atoms with Crippen LogP contribution < -0.4 is 5.32 Å². The summed E-state index contributed by atoms with van der Waals surface area (Å²) in [5.41, 5.74) is 0.689. The van der Waals surface area contributed by atoms with Crippen molar-refractivity contribution in [1.29, 1.82) is 0 Å². The predicted octanol–water partition coefficient (Wildman–Crippen LogP) is 2.29. The van der Waals surface area contributed by atoms with Gasteiger partial charge in [-0.25, -0.2) is 0 Å². The predicted molar refractivity (Wildman–Crippen MR) is 70.5 cm³/mol. The highest BCUT2D eigenvalue weighted by Crippen LogP contribution is 2.14. The van der Waals surface area contributed by atoms with Gasteiger partial charge in [0.25, 0.3) is 0 Å². The van der Waals surface area contributed by atoms with Gasteiger partial charge in [-0.1, -0.05) is 11.6 Å². The van der Waals surface area contributed by atoms with Gasteiger partial charge in [-0.15, -0.1) is 0 Å². The fraction of sp³-hybridized carbons (Fsp3) is 0.385. The number of halogens is 1. The SMILES string of the molecule is O=C(CN1CCCCC1=O)Nc1ccc(Cl)cc1. The monoisotopic (exact) mass is 266 g/mol.